The van der Waals surface area contributed by atoms with Crippen molar-refractivity contribution < 1.29 is 0 Å². The summed E-state index contributed by atoms with van der Waals surface area (Å²) in [5.41, 5.74) is 4.79. The predicted molar refractivity (Wildman–Crippen MR) is 70.7 cm³/mol. The van der Waals surface area contributed by atoms with E-state index in [1.54, 1.807) is 0 Å². The molecule has 0 atom stereocenters. The fourth-order valence-corrected chi connectivity index (χ4v) is 1.89. The van der Waals surface area contributed by atoms with E-state index in [0.29, 0.717) is 0 Å². The van der Waals surface area contributed by atoms with E-state index in [-0.39, 0.29) is 0 Å². The minimum absolute atomic E-state index is 0.804. The lowest BCUT2D eigenvalue weighted by molar-refractivity contribution is 1.31. The van der Waals surface area contributed by atoms with Crippen LogP contribution in [0.5, 0.6) is 0 Å². The standard InChI is InChI=1S/C13H7N3S/c17-8-14-10-3-1-9(2-4-10)12-6-5-11-7-13(12)16-15-11/h1-7H. The van der Waals surface area contributed by atoms with Gasteiger partial charge in [-0.1, -0.05) is 12.1 Å². The lowest BCUT2D eigenvalue weighted by atomic mass is 10.0. The van der Waals surface area contributed by atoms with Crippen molar-refractivity contribution in [3.8, 4) is 11.1 Å². The van der Waals surface area contributed by atoms with E-state index < -0.39 is 0 Å². The summed E-state index contributed by atoms with van der Waals surface area (Å²) in [6, 6.07) is 13.7. The predicted octanol–water partition coefficient (Wildman–Crippen LogP) is 4.82. The number of hydrogen-bond acceptors (Lipinski definition) is 4. The topological polar surface area (TPSA) is 37.1 Å². The molecule has 3 nitrogen and oxygen atoms in total. The van der Waals surface area contributed by atoms with Crippen molar-refractivity contribution >= 4 is 34.4 Å². The third-order valence-corrected chi connectivity index (χ3v) is 2.70. The summed E-state index contributed by atoms with van der Waals surface area (Å²) in [5.74, 6) is 0. The van der Waals surface area contributed by atoms with E-state index in [2.05, 4.69) is 32.6 Å². The lowest BCUT2D eigenvalue weighted by Crippen LogP contribution is -1.76. The van der Waals surface area contributed by atoms with Crippen LogP contribution in [0.2, 0.25) is 0 Å². The summed E-state index contributed by atoms with van der Waals surface area (Å²) in [6.07, 6.45) is 0. The number of azo groups is 1. The first-order chi connectivity index (χ1) is 8.36. The van der Waals surface area contributed by atoms with Crippen molar-refractivity contribution in [2.75, 3.05) is 0 Å². The highest BCUT2D eigenvalue weighted by atomic mass is 32.1. The van der Waals surface area contributed by atoms with Gasteiger partial charge in [0.25, 0.3) is 0 Å². The third-order valence-electron chi connectivity index (χ3n) is 2.61. The Morgan fingerprint density at radius 2 is 1.82 bits per heavy atom. The second kappa shape index (κ2) is 4.01. The first kappa shape index (κ1) is 10.0. The van der Waals surface area contributed by atoms with Crippen LogP contribution < -0.4 is 0 Å². The Labute approximate surface area is 104 Å². The molecule has 0 aliphatic carbocycles. The number of rotatable bonds is 2. The highest BCUT2D eigenvalue weighted by molar-refractivity contribution is 7.78. The molecular weight excluding hydrogens is 230 g/mol. The minimum atomic E-state index is 0.804. The number of isothiocyanates is 1. The summed E-state index contributed by atoms with van der Waals surface area (Å²) in [7, 11) is 0. The van der Waals surface area contributed by atoms with E-state index in [1.165, 1.54) is 0 Å². The highest BCUT2D eigenvalue weighted by Gasteiger charge is 2.10. The normalized spacial score (nSPS) is 11.3. The molecule has 0 fully saturated rings. The Balaban J connectivity index is 2.05. The van der Waals surface area contributed by atoms with Crippen molar-refractivity contribution in [1.29, 1.82) is 0 Å². The molecule has 2 bridgehead atoms. The molecule has 4 heteroatoms. The average Bonchev–Trinajstić information content (AvgIpc) is 2.73. The second-order valence-corrected chi connectivity index (χ2v) is 3.83. The van der Waals surface area contributed by atoms with Gasteiger partial charge in [-0.2, -0.15) is 10.1 Å². The van der Waals surface area contributed by atoms with Gasteiger partial charge in [0.2, 0.25) is 0 Å². The number of hydrogen-bond donors (Lipinski definition) is 0. The van der Waals surface area contributed by atoms with Gasteiger partial charge in [-0.25, -0.2) is 0 Å². The summed E-state index contributed by atoms with van der Waals surface area (Å²) < 4.78 is 0. The maximum Gasteiger partial charge on any atom is 0.0957 e. The molecule has 1 heterocycles. The van der Waals surface area contributed by atoms with Crippen LogP contribution >= 0.6 is 12.2 Å². The van der Waals surface area contributed by atoms with Gasteiger partial charge >= 0.3 is 0 Å². The SMILES string of the molecule is S=C=Nc1ccc(-c2ccc3cc2N=N3)cc1. The Hall–Kier alpha value is -2.16. The molecule has 0 saturated heterocycles. The Morgan fingerprint density at radius 1 is 1.00 bits per heavy atom. The van der Waals surface area contributed by atoms with E-state index in [4.69, 9.17) is 0 Å². The van der Waals surface area contributed by atoms with Crippen LogP contribution in [0.25, 0.3) is 11.1 Å². The summed E-state index contributed by atoms with van der Waals surface area (Å²) in [4.78, 5) is 3.92. The van der Waals surface area contributed by atoms with Crippen molar-refractivity contribution in [2.45, 2.75) is 0 Å². The van der Waals surface area contributed by atoms with Crippen molar-refractivity contribution in [3.63, 3.8) is 0 Å². The second-order valence-electron chi connectivity index (χ2n) is 3.65. The molecule has 3 rings (SSSR count). The van der Waals surface area contributed by atoms with Gasteiger partial charge in [-0.3, -0.25) is 0 Å². The van der Waals surface area contributed by atoms with Gasteiger partial charge in [0.1, 0.15) is 0 Å². The van der Waals surface area contributed by atoms with E-state index in [0.717, 1.165) is 28.2 Å². The Bertz CT molecular complexity index is 653. The van der Waals surface area contributed by atoms with Crippen LogP contribution in [0.3, 0.4) is 0 Å². The monoisotopic (exact) mass is 237 g/mol. The van der Waals surface area contributed by atoms with E-state index >= 15 is 0 Å². The fourth-order valence-electron chi connectivity index (χ4n) is 1.79. The van der Waals surface area contributed by atoms with Crippen LogP contribution in [0, 0.1) is 0 Å². The molecule has 0 amide bonds. The molecule has 2 aromatic rings. The van der Waals surface area contributed by atoms with Gasteiger partial charge in [0, 0.05) is 5.56 Å². The van der Waals surface area contributed by atoms with Gasteiger partial charge in [0.05, 0.1) is 22.2 Å². The number of aliphatic imine (C=N–C) groups is 1. The number of nitrogens with zero attached hydrogens (tertiary/aromatic N) is 3. The molecule has 1 aliphatic heterocycles. The van der Waals surface area contributed by atoms with Crippen molar-refractivity contribution in [2.24, 2.45) is 15.2 Å². The molecule has 80 valence electrons. The Kier molecular flexibility index (Phi) is 2.37. The Morgan fingerprint density at radius 3 is 2.59 bits per heavy atom. The largest absolute Gasteiger partial charge is 0.195 e. The number of benzene rings is 2. The van der Waals surface area contributed by atoms with Gasteiger partial charge in [0.15, 0.2) is 0 Å². The molecule has 0 radical (unpaired) electrons. The first-order valence-corrected chi connectivity index (χ1v) is 5.52. The summed E-state index contributed by atoms with van der Waals surface area (Å²) in [5, 5.41) is 10.5. The smallest absolute Gasteiger partial charge is 0.0957 e. The molecule has 0 aromatic heterocycles. The molecule has 2 aromatic carbocycles. The van der Waals surface area contributed by atoms with Crippen LogP contribution in [-0.4, -0.2) is 5.16 Å². The minimum Gasteiger partial charge on any atom is -0.195 e. The molecule has 0 unspecified atom stereocenters. The van der Waals surface area contributed by atoms with E-state index in [1.807, 2.05) is 42.5 Å². The maximum absolute atomic E-state index is 4.56. The van der Waals surface area contributed by atoms with Crippen molar-refractivity contribution in [3.05, 3.63) is 42.5 Å². The zero-order chi connectivity index (χ0) is 11.7. The molecule has 0 N–H and O–H groups in total. The molecule has 1 aliphatic rings. The fraction of sp³-hybridized carbons (Fsp3) is 0. The first-order valence-electron chi connectivity index (χ1n) is 5.11. The van der Waals surface area contributed by atoms with Crippen LogP contribution in [0.1, 0.15) is 0 Å². The van der Waals surface area contributed by atoms with Crippen LogP contribution in [-0.2, 0) is 0 Å². The zero-order valence-corrected chi connectivity index (χ0v) is 9.61. The van der Waals surface area contributed by atoms with Gasteiger partial charge < -0.3 is 0 Å². The molecule has 0 spiro atoms. The number of fused-ring (bicyclic) bond motifs is 2. The average molecular weight is 237 g/mol. The van der Waals surface area contributed by atoms with Gasteiger partial charge in [-0.15, -0.1) is 5.11 Å². The summed E-state index contributed by atoms with van der Waals surface area (Å²) >= 11 is 4.56. The molecule has 0 saturated carbocycles. The molecular formula is C13H7N3S. The highest BCUT2D eigenvalue weighted by Crippen LogP contribution is 2.39. The van der Waals surface area contributed by atoms with E-state index in [9.17, 15) is 0 Å². The third kappa shape index (κ3) is 1.80. The quantitative estimate of drug-likeness (QED) is 0.465. The van der Waals surface area contributed by atoms with Crippen LogP contribution in [0.4, 0.5) is 17.1 Å². The summed E-state index contributed by atoms with van der Waals surface area (Å²) in [6.45, 7) is 0. The van der Waals surface area contributed by atoms with Crippen molar-refractivity contribution in [1.82, 2.24) is 0 Å². The maximum atomic E-state index is 4.56. The number of thiocarbonyl (C=S) groups is 1. The van der Waals surface area contributed by atoms with Crippen LogP contribution in [0.15, 0.2) is 57.7 Å². The zero-order valence-electron chi connectivity index (χ0n) is 8.79. The molecule has 17 heavy (non-hydrogen) atoms. The van der Waals surface area contributed by atoms with Gasteiger partial charge in [-0.05, 0) is 48.1 Å². The lowest BCUT2D eigenvalue weighted by Gasteiger charge is -2.02.